The van der Waals surface area contributed by atoms with E-state index in [1.165, 1.54) is 0 Å². The van der Waals surface area contributed by atoms with Crippen molar-refractivity contribution in [2.75, 3.05) is 13.9 Å². The lowest BCUT2D eigenvalue weighted by molar-refractivity contribution is 0.00684. The van der Waals surface area contributed by atoms with Gasteiger partial charge < -0.3 is 14.6 Å². The molecule has 0 amide bonds. The smallest absolute Gasteiger partial charge is 0.340 e. The lowest BCUT2D eigenvalue weighted by Crippen LogP contribution is -2.05. The van der Waals surface area contributed by atoms with Crippen molar-refractivity contribution in [1.29, 1.82) is 0 Å². The van der Waals surface area contributed by atoms with E-state index < -0.39 is 12.8 Å². The summed E-state index contributed by atoms with van der Waals surface area (Å²) in [6.07, 6.45) is 0. The number of aliphatic hydroxyl groups is 1. The van der Waals surface area contributed by atoms with E-state index in [-0.39, 0.29) is 0 Å². The number of benzene rings is 1. The molecule has 0 saturated carbocycles. The van der Waals surface area contributed by atoms with Gasteiger partial charge in [-0.3, -0.25) is 0 Å². The second-order valence-corrected chi connectivity index (χ2v) is 2.29. The molecule has 0 aromatic heterocycles. The molecule has 1 aromatic carbocycles. The summed E-state index contributed by atoms with van der Waals surface area (Å²) in [5, 5.41) is 8.33. The highest BCUT2D eigenvalue weighted by atomic mass is 16.6. The SMILES string of the molecule is COc1ccc(C(=O)OCO)cc1. The minimum atomic E-state index is -0.606. The average molecular weight is 182 g/mol. The molecular weight excluding hydrogens is 172 g/mol. The molecule has 0 atom stereocenters. The van der Waals surface area contributed by atoms with E-state index in [9.17, 15) is 4.79 Å². The molecule has 1 rings (SSSR count). The summed E-state index contributed by atoms with van der Waals surface area (Å²) in [6, 6.07) is 6.43. The zero-order valence-corrected chi connectivity index (χ0v) is 7.19. The van der Waals surface area contributed by atoms with Crippen molar-refractivity contribution in [3.63, 3.8) is 0 Å². The number of hydrogen-bond acceptors (Lipinski definition) is 4. The zero-order valence-electron chi connectivity index (χ0n) is 7.19. The lowest BCUT2D eigenvalue weighted by atomic mass is 10.2. The minimum absolute atomic E-state index is 0.384. The van der Waals surface area contributed by atoms with Crippen LogP contribution in [0.1, 0.15) is 10.4 Å². The molecule has 0 bridgehead atoms. The summed E-state index contributed by atoms with van der Waals surface area (Å²) in [5.74, 6) is 0.116. The molecule has 13 heavy (non-hydrogen) atoms. The topological polar surface area (TPSA) is 55.8 Å². The van der Waals surface area contributed by atoms with E-state index in [1.807, 2.05) is 0 Å². The first-order valence-corrected chi connectivity index (χ1v) is 3.70. The molecule has 1 N–H and O–H groups in total. The van der Waals surface area contributed by atoms with Crippen LogP contribution in [0, 0.1) is 0 Å². The number of rotatable bonds is 3. The first-order chi connectivity index (χ1) is 6.27. The van der Waals surface area contributed by atoms with Gasteiger partial charge in [0.15, 0.2) is 6.79 Å². The highest BCUT2D eigenvalue weighted by Crippen LogP contribution is 2.11. The summed E-state index contributed by atoms with van der Waals surface area (Å²) < 4.78 is 9.28. The van der Waals surface area contributed by atoms with E-state index in [1.54, 1.807) is 31.4 Å². The molecular formula is C9H10O4. The molecule has 0 saturated heterocycles. The van der Waals surface area contributed by atoms with Gasteiger partial charge in [0.25, 0.3) is 0 Å². The number of hydrogen-bond donors (Lipinski definition) is 1. The first kappa shape index (κ1) is 9.54. The summed E-state index contributed by atoms with van der Waals surface area (Å²) in [6.45, 7) is -0.606. The Kier molecular flexibility index (Phi) is 3.28. The molecule has 4 heteroatoms. The van der Waals surface area contributed by atoms with Gasteiger partial charge in [0.2, 0.25) is 0 Å². The molecule has 4 nitrogen and oxygen atoms in total. The van der Waals surface area contributed by atoms with Crippen LogP contribution >= 0.6 is 0 Å². The van der Waals surface area contributed by atoms with Crippen molar-refractivity contribution in [3.05, 3.63) is 29.8 Å². The maximum Gasteiger partial charge on any atom is 0.340 e. The lowest BCUT2D eigenvalue weighted by Gasteiger charge is -2.02. The van der Waals surface area contributed by atoms with Crippen LogP contribution in [0.3, 0.4) is 0 Å². The van der Waals surface area contributed by atoms with Crippen molar-refractivity contribution >= 4 is 5.97 Å². The number of aliphatic hydroxyl groups excluding tert-OH is 1. The summed E-state index contributed by atoms with van der Waals surface area (Å²) >= 11 is 0. The van der Waals surface area contributed by atoms with Gasteiger partial charge in [-0.25, -0.2) is 4.79 Å². The van der Waals surface area contributed by atoms with E-state index in [0.29, 0.717) is 11.3 Å². The van der Waals surface area contributed by atoms with Crippen LogP contribution in [-0.4, -0.2) is 25.0 Å². The summed E-state index contributed by atoms with van der Waals surface area (Å²) in [4.78, 5) is 11.0. The average Bonchev–Trinajstić information content (AvgIpc) is 2.18. The standard InChI is InChI=1S/C9H10O4/c1-12-8-4-2-7(3-5-8)9(11)13-6-10/h2-5,10H,6H2,1H3. The van der Waals surface area contributed by atoms with Gasteiger partial charge in [-0.1, -0.05) is 0 Å². The normalized spacial score (nSPS) is 9.38. The Morgan fingerprint density at radius 3 is 2.46 bits per heavy atom. The van der Waals surface area contributed by atoms with Gasteiger partial charge in [-0.2, -0.15) is 0 Å². The third kappa shape index (κ3) is 2.45. The third-order valence-corrected chi connectivity index (χ3v) is 1.52. The van der Waals surface area contributed by atoms with Crippen molar-refractivity contribution < 1.29 is 19.4 Å². The number of methoxy groups -OCH3 is 1. The molecule has 0 fully saturated rings. The van der Waals surface area contributed by atoms with Gasteiger partial charge in [-0.15, -0.1) is 0 Å². The van der Waals surface area contributed by atoms with Gasteiger partial charge >= 0.3 is 5.97 Å². The molecule has 0 radical (unpaired) electrons. The highest BCUT2D eigenvalue weighted by molar-refractivity contribution is 5.89. The van der Waals surface area contributed by atoms with E-state index in [4.69, 9.17) is 9.84 Å². The maximum absolute atomic E-state index is 11.0. The van der Waals surface area contributed by atoms with E-state index in [0.717, 1.165) is 0 Å². The molecule has 0 aliphatic heterocycles. The predicted molar refractivity (Wildman–Crippen MR) is 45.5 cm³/mol. The van der Waals surface area contributed by atoms with E-state index in [2.05, 4.69) is 4.74 Å². The largest absolute Gasteiger partial charge is 0.497 e. The Hall–Kier alpha value is -1.55. The molecule has 0 aliphatic carbocycles. The molecule has 1 aromatic rings. The maximum atomic E-state index is 11.0. The van der Waals surface area contributed by atoms with Crippen LogP contribution in [-0.2, 0) is 4.74 Å². The predicted octanol–water partition coefficient (Wildman–Crippen LogP) is 0.802. The Labute approximate surface area is 75.7 Å². The molecule has 0 heterocycles. The molecule has 70 valence electrons. The Morgan fingerprint density at radius 1 is 1.38 bits per heavy atom. The second kappa shape index (κ2) is 4.47. The Balaban J connectivity index is 2.74. The number of carbonyl (C=O) groups excluding carboxylic acids is 1. The van der Waals surface area contributed by atoms with Crippen LogP contribution in [0.4, 0.5) is 0 Å². The van der Waals surface area contributed by atoms with Gasteiger partial charge in [0.05, 0.1) is 12.7 Å². The van der Waals surface area contributed by atoms with Crippen LogP contribution in [0.2, 0.25) is 0 Å². The Bertz CT molecular complexity index is 278. The Morgan fingerprint density at radius 2 is 2.00 bits per heavy atom. The fourth-order valence-corrected chi connectivity index (χ4v) is 0.869. The fourth-order valence-electron chi connectivity index (χ4n) is 0.869. The number of esters is 1. The number of carbonyl (C=O) groups is 1. The zero-order chi connectivity index (χ0) is 9.68. The molecule has 0 unspecified atom stereocenters. The molecule has 0 aliphatic rings. The number of ether oxygens (including phenoxy) is 2. The van der Waals surface area contributed by atoms with Crippen molar-refractivity contribution in [1.82, 2.24) is 0 Å². The summed E-state index contributed by atoms with van der Waals surface area (Å²) in [5.41, 5.74) is 0.384. The monoisotopic (exact) mass is 182 g/mol. The first-order valence-electron chi connectivity index (χ1n) is 3.70. The third-order valence-electron chi connectivity index (χ3n) is 1.52. The van der Waals surface area contributed by atoms with Crippen molar-refractivity contribution in [2.24, 2.45) is 0 Å². The van der Waals surface area contributed by atoms with Gasteiger partial charge in [-0.05, 0) is 24.3 Å². The minimum Gasteiger partial charge on any atom is -0.497 e. The highest BCUT2D eigenvalue weighted by Gasteiger charge is 2.05. The quantitative estimate of drug-likeness (QED) is 0.555. The molecule has 0 spiro atoms. The van der Waals surface area contributed by atoms with Crippen LogP contribution in [0.25, 0.3) is 0 Å². The van der Waals surface area contributed by atoms with Crippen LogP contribution in [0.5, 0.6) is 5.75 Å². The second-order valence-electron chi connectivity index (χ2n) is 2.29. The van der Waals surface area contributed by atoms with Crippen LogP contribution < -0.4 is 4.74 Å². The van der Waals surface area contributed by atoms with Gasteiger partial charge in [0.1, 0.15) is 5.75 Å². The fraction of sp³-hybridized carbons (Fsp3) is 0.222. The van der Waals surface area contributed by atoms with Gasteiger partial charge in [0, 0.05) is 0 Å². The summed E-state index contributed by atoms with van der Waals surface area (Å²) in [7, 11) is 1.54. The van der Waals surface area contributed by atoms with E-state index >= 15 is 0 Å². The van der Waals surface area contributed by atoms with Crippen LogP contribution in [0.15, 0.2) is 24.3 Å². The van der Waals surface area contributed by atoms with Crippen molar-refractivity contribution in [2.45, 2.75) is 0 Å². The van der Waals surface area contributed by atoms with Crippen molar-refractivity contribution in [3.8, 4) is 5.75 Å².